The summed E-state index contributed by atoms with van der Waals surface area (Å²) in [5.74, 6) is 0.151. The number of aliphatic carboxylic acids is 1. The van der Waals surface area contributed by atoms with Gasteiger partial charge in [0.25, 0.3) is 0 Å². The predicted octanol–water partition coefficient (Wildman–Crippen LogP) is 1.81. The largest absolute Gasteiger partial charge is 0.480 e. The molecule has 0 saturated heterocycles. The SMILES string of the molecule is NC(C(=O)O)c1cccc2c1CCCS2. The van der Waals surface area contributed by atoms with E-state index in [0.29, 0.717) is 0 Å². The Balaban J connectivity index is 2.43. The Morgan fingerprint density at radius 2 is 2.33 bits per heavy atom. The van der Waals surface area contributed by atoms with Crippen LogP contribution in [0, 0.1) is 0 Å². The van der Waals surface area contributed by atoms with Gasteiger partial charge in [-0.1, -0.05) is 12.1 Å². The first-order chi connectivity index (χ1) is 7.20. The molecule has 1 aromatic carbocycles. The third kappa shape index (κ3) is 2.01. The number of carboxylic acids is 1. The molecule has 1 aliphatic rings. The van der Waals surface area contributed by atoms with E-state index >= 15 is 0 Å². The number of rotatable bonds is 2. The van der Waals surface area contributed by atoms with Crippen LogP contribution in [0.15, 0.2) is 23.1 Å². The lowest BCUT2D eigenvalue weighted by Gasteiger charge is -2.20. The lowest BCUT2D eigenvalue weighted by atomic mass is 9.97. The molecule has 1 unspecified atom stereocenters. The van der Waals surface area contributed by atoms with Crippen LogP contribution in [0.5, 0.6) is 0 Å². The molecule has 0 fully saturated rings. The Kier molecular flexibility index (Phi) is 2.98. The second kappa shape index (κ2) is 4.24. The summed E-state index contributed by atoms with van der Waals surface area (Å²) in [5, 5.41) is 8.91. The van der Waals surface area contributed by atoms with Crippen LogP contribution in [-0.2, 0) is 11.2 Å². The van der Waals surface area contributed by atoms with Crippen molar-refractivity contribution < 1.29 is 9.90 Å². The van der Waals surface area contributed by atoms with Gasteiger partial charge < -0.3 is 10.8 Å². The zero-order valence-electron chi connectivity index (χ0n) is 8.27. The molecule has 1 heterocycles. The number of hydrogen-bond donors (Lipinski definition) is 2. The number of carbonyl (C=O) groups is 1. The van der Waals surface area contributed by atoms with E-state index in [1.165, 1.54) is 4.90 Å². The Bertz CT molecular complexity index is 392. The smallest absolute Gasteiger partial charge is 0.325 e. The molecule has 0 amide bonds. The van der Waals surface area contributed by atoms with Gasteiger partial charge in [0.15, 0.2) is 0 Å². The average molecular weight is 223 g/mol. The minimum Gasteiger partial charge on any atom is -0.480 e. The molecule has 0 aromatic heterocycles. The topological polar surface area (TPSA) is 63.3 Å². The van der Waals surface area contributed by atoms with Gasteiger partial charge >= 0.3 is 5.97 Å². The molecule has 1 aromatic rings. The van der Waals surface area contributed by atoms with Crippen LogP contribution < -0.4 is 5.73 Å². The van der Waals surface area contributed by atoms with Crippen molar-refractivity contribution in [2.45, 2.75) is 23.8 Å². The monoisotopic (exact) mass is 223 g/mol. The fraction of sp³-hybridized carbons (Fsp3) is 0.364. The summed E-state index contributed by atoms with van der Waals surface area (Å²) in [6, 6.07) is 4.86. The van der Waals surface area contributed by atoms with Crippen LogP contribution in [0.2, 0.25) is 0 Å². The molecule has 80 valence electrons. The standard InChI is InChI=1S/C11H13NO2S/c12-10(11(13)14)8-3-1-5-9-7(8)4-2-6-15-9/h1,3,5,10H,2,4,6,12H2,(H,13,14). The molecule has 1 atom stereocenters. The molecule has 4 heteroatoms. The first kappa shape index (κ1) is 10.5. The first-order valence-corrected chi connectivity index (χ1v) is 5.91. The molecule has 0 saturated carbocycles. The first-order valence-electron chi connectivity index (χ1n) is 4.93. The molecule has 0 bridgehead atoms. The summed E-state index contributed by atoms with van der Waals surface area (Å²) in [6.45, 7) is 0. The van der Waals surface area contributed by atoms with Gasteiger partial charge in [-0.3, -0.25) is 4.79 Å². The molecule has 15 heavy (non-hydrogen) atoms. The molecular formula is C11H13NO2S. The summed E-state index contributed by atoms with van der Waals surface area (Å²) in [7, 11) is 0. The fourth-order valence-corrected chi connectivity index (χ4v) is 2.92. The molecule has 2 rings (SSSR count). The van der Waals surface area contributed by atoms with Gasteiger partial charge in [0.05, 0.1) is 0 Å². The highest BCUT2D eigenvalue weighted by atomic mass is 32.2. The maximum absolute atomic E-state index is 10.9. The van der Waals surface area contributed by atoms with Crippen LogP contribution in [0.4, 0.5) is 0 Å². The maximum Gasteiger partial charge on any atom is 0.325 e. The summed E-state index contributed by atoms with van der Waals surface area (Å²) in [5.41, 5.74) is 7.55. The Morgan fingerprint density at radius 3 is 3.07 bits per heavy atom. The molecule has 3 nitrogen and oxygen atoms in total. The highest BCUT2D eigenvalue weighted by molar-refractivity contribution is 7.99. The van der Waals surface area contributed by atoms with Crippen molar-refractivity contribution in [3.63, 3.8) is 0 Å². The van der Waals surface area contributed by atoms with Crippen LogP contribution in [0.1, 0.15) is 23.6 Å². The van der Waals surface area contributed by atoms with Crippen LogP contribution in [0.25, 0.3) is 0 Å². The van der Waals surface area contributed by atoms with Gasteiger partial charge in [0.1, 0.15) is 6.04 Å². The number of nitrogens with two attached hydrogens (primary N) is 1. The van der Waals surface area contributed by atoms with E-state index in [0.717, 1.165) is 29.7 Å². The summed E-state index contributed by atoms with van der Waals surface area (Å²) < 4.78 is 0. The van der Waals surface area contributed by atoms with Crippen molar-refractivity contribution in [3.05, 3.63) is 29.3 Å². The van der Waals surface area contributed by atoms with Gasteiger partial charge in [-0.2, -0.15) is 0 Å². The number of thioether (sulfide) groups is 1. The lowest BCUT2D eigenvalue weighted by molar-refractivity contribution is -0.138. The zero-order chi connectivity index (χ0) is 10.8. The summed E-state index contributed by atoms with van der Waals surface area (Å²) in [6.07, 6.45) is 2.04. The van der Waals surface area contributed by atoms with Crippen LogP contribution >= 0.6 is 11.8 Å². The van der Waals surface area contributed by atoms with E-state index in [4.69, 9.17) is 10.8 Å². The molecule has 0 aliphatic carbocycles. The van der Waals surface area contributed by atoms with Crippen molar-refractivity contribution in [3.8, 4) is 0 Å². The van der Waals surface area contributed by atoms with Gasteiger partial charge in [-0.15, -0.1) is 11.8 Å². The number of benzene rings is 1. The normalized spacial score (nSPS) is 16.9. The fourth-order valence-electron chi connectivity index (χ4n) is 1.84. The highest BCUT2D eigenvalue weighted by Gasteiger charge is 2.21. The van der Waals surface area contributed by atoms with Gasteiger partial charge in [0, 0.05) is 4.90 Å². The van der Waals surface area contributed by atoms with E-state index in [9.17, 15) is 4.79 Å². The van der Waals surface area contributed by atoms with Gasteiger partial charge in [0.2, 0.25) is 0 Å². The van der Waals surface area contributed by atoms with Crippen LogP contribution in [-0.4, -0.2) is 16.8 Å². The summed E-state index contributed by atoms with van der Waals surface area (Å²) >= 11 is 1.78. The number of hydrogen-bond acceptors (Lipinski definition) is 3. The van der Waals surface area contributed by atoms with Crippen molar-refractivity contribution in [1.29, 1.82) is 0 Å². The minimum atomic E-state index is -0.959. The second-order valence-corrected chi connectivity index (χ2v) is 4.73. The molecule has 0 radical (unpaired) electrons. The van der Waals surface area contributed by atoms with E-state index in [1.807, 2.05) is 18.2 Å². The minimum absolute atomic E-state index is 0.771. The molecule has 3 N–H and O–H groups in total. The summed E-state index contributed by atoms with van der Waals surface area (Å²) in [4.78, 5) is 12.0. The van der Waals surface area contributed by atoms with E-state index in [2.05, 4.69) is 0 Å². The van der Waals surface area contributed by atoms with Crippen molar-refractivity contribution in [1.82, 2.24) is 0 Å². The average Bonchev–Trinajstić information content (AvgIpc) is 2.27. The third-order valence-corrected chi connectivity index (χ3v) is 3.79. The van der Waals surface area contributed by atoms with Crippen LogP contribution in [0.3, 0.4) is 0 Å². The third-order valence-electron chi connectivity index (χ3n) is 2.60. The van der Waals surface area contributed by atoms with Crippen molar-refractivity contribution in [2.24, 2.45) is 5.73 Å². The van der Waals surface area contributed by atoms with Gasteiger partial charge in [-0.05, 0) is 35.8 Å². The highest BCUT2D eigenvalue weighted by Crippen LogP contribution is 2.33. The van der Waals surface area contributed by atoms with Crippen molar-refractivity contribution in [2.75, 3.05) is 5.75 Å². The molecular weight excluding hydrogens is 210 g/mol. The van der Waals surface area contributed by atoms with E-state index < -0.39 is 12.0 Å². The quantitative estimate of drug-likeness (QED) is 0.802. The molecule has 1 aliphatic heterocycles. The molecule has 0 spiro atoms. The Labute approximate surface area is 92.7 Å². The van der Waals surface area contributed by atoms with E-state index in [1.54, 1.807) is 11.8 Å². The van der Waals surface area contributed by atoms with Gasteiger partial charge in [-0.25, -0.2) is 0 Å². The maximum atomic E-state index is 10.9. The lowest BCUT2D eigenvalue weighted by Crippen LogP contribution is -2.22. The second-order valence-electron chi connectivity index (χ2n) is 3.59. The number of carboxylic acid groups (broad SMARTS) is 1. The zero-order valence-corrected chi connectivity index (χ0v) is 9.09. The van der Waals surface area contributed by atoms with E-state index in [-0.39, 0.29) is 0 Å². The van der Waals surface area contributed by atoms with Crippen molar-refractivity contribution >= 4 is 17.7 Å². The number of fused-ring (bicyclic) bond motifs is 1. The Hall–Kier alpha value is -1.00. The Morgan fingerprint density at radius 1 is 1.53 bits per heavy atom. The predicted molar refractivity (Wildman–Crippen MR) is 60.1 cm³/mol.